The topological polar surface area (TPSA) is 357 Å². The third kappa shape index (κ3) is 7.78. The fourth-order valence-corrected chi connectivity index (χ4v) is 6.00. The quantitative estimate of drug-likeness (QED) is 0.0895. The molecule has 4 fully saturated rings. The predicted molar refractivity (Wildman–Crippen MR) is 146 cm³/mol. The number of rotatable bonds is 12. The van der Waals surface area contributed by atoms with Crippen molar-refractivity contribution < 1.29 is 104 Å². The van der Waals surface area contributed by atoms with Crippen LogP contribution in [-0.2, 0) is 38.0 Å². The highest BCUT2D eigenvalue weighted by Gasteiger charge is 2.58. The standard InChI is InChI=1S/C26H45NO21/c1-7(33)27-12-15(36)19(45-24-17(38)16(37)13(34)8(2-28)42-24)10(4-30)44-23(12)47-21-14(35)9(3-29)43-25(18(21)39)46-20-11(5-31)48-26(41,6-32)22(20)40/h8-25,28-32,34-41H,2-6H2,1H3,(H,27,33)/t8-,9-,10-,11-,12-,13+,14+,15-,16+,17-,18-,19-,20-,21+,22+,23+,24+,25+,26?/m1/s1. The Morgan fingerprint density at radius 2 is 1.10 bits per heavy atom. The van der Waals surface area contributed by atoms with E-state index in [2.05, 4.69) is 5.32 Å². The van der Waals surface area contributed by atoms with Gasteiger partial charge in [0.2, 0.25) is 11.7 Å². The van der Waals surface area contributed by atoms with E-state index < -0.39 is 155 Å². The van der Waals surface area contributed by atoms with Crippen LogP contribution >= 0.6 is 0 Å². The summed E-state index contributed by atoms with van der Waals surface area (Å²) in [5.41, 5.74) is 0. The van der Waals surface area contributed by atoms with Gasteiger partial charge < -0.3 is 105 Å². The molecule has 19 atom stereocenters. The van der Waals surface area contributed by atoms with Crippen LogP contribution in [-0.4, -0.2) is 221 Å². The number of amides is 1. The van der Waals surface area contributed by atoms with Crippen LogP contribution in [0.15, 0.2) is 0 Å². The summed E-state index contributed by atoms with van der Waals surface area (Å²) in [6.07, 6.45) is -29.8. The van der Waals surface area contributed by atoms with Crippen molar-refractivity contribution in [3.8, 4) is 0 Å². The number of hydrogen-bond acceptors (Lipinski definition) is 21. The molecule has 4 aliphatic heterocycles. The van der Waals surface area contributed by atoms with Crippen LogP contribution in [0.4, 0.5) is 0 Å². The molecule has 4 aliphatic rings. The minimum atomic E-state index is -2.56. The Kier molecular flexibility index (Phi) is 13.4. The molecular formula is C26H45NO21. The van der Waals surface area contributed by atoms with Crippen molar-refractivity contribution in [1.82, 2.24) is 5.32 Å². The monoisotopic (exact) mass is 707 g/mol. The van der Waals surface area contributed by atoms with E-state index in [1.165, 1.54) is 0 Å². The van der Waals surface area contributed by atoms with E-state index in [1.54, 1.807) is 0 Å². The number of ether oxygens (including phenoxy) is 7. The van der Waals surface area contributed by atoms with E-state index in [4.69, 9.17) is 33.2 Å². The first-order chi connectivity index (χ1) is 22.7. The van der Waals surface area contributed by atoms with Crippen molar-refractivity contribution in [3.05, 3.63) is 0 Å². The first kappa shape index (κ1) is 39.5. The van der Waals surface area contributed by atoms with Crippen LogP contribution < -0.4 is 5.32 Å². The summed E-state index contributed by atoms with van der Waals surface area (Å²) in [5.74, 6) is -3.32. The molecule has 1 unspecified atom stereocenters. The highest BCUT2D eigenvalue weighted by atomic mass is 16.8. The van der Waals surface area contributed by atoms with Crippen molar-refractivity contribution in [3.63, 3.8) is 0 Å². The van der Waals surface area contributed by atoms with Gasteiger partial charge in [0.15, 0.2) is 18.9 Å². The molecule has 0 bridgehead atoms. The summed E-state index contributed by atoms with van der Waals surface area (Å²) in [5, 5.41) is 136. The van der Waals surface area contributed by atoms with Gasteiger partial charge in [-0.2, -0.15) is 0 Å². The molecule has 280 valence electrons. The Bertz CT molecular complexity index is 1040. The van der Waals surface area contributed by atoms with Gasteiger partial charge in [-0.1, -0.05) is 0 Å². The SMILES string of the molecule is CC(=O)N[C@H]1[C@H](O[C@H]2[C@@H](O)[C@@H](CO)O[C@@H](O[C@@H]3[C@@H](CO)OC(O)(CO)[C@H]3O)[C@@H]2O)O[C@H](CO)[C@@H](O[C@@H]2O[C@H](CO)[C@H](O)[C@H](O)[C@H]2O)[C@@H]1O. The maximum atomic E-state index is 12.2. The molecule has 4 rings (SSSR count). The summed E-state index contributed by atoms with van der Waals surface area (Å²) in [7, 11) is 0. The molecule has 0 spiro atoms. The van der Waals surface area contributed by atoms with Crippen LogP contribution in [0.1, 0.15) is 6.92 Å². The molecule has 48 heavy (non-hydrogen) atoms. The van der Waals surface area contributed by atoms with Crippen LogP contribution in [0.5, 0.6) is 0 Å². The highest BCUT2D eigenvalue weighted by molar-refractivity contribution is 5.73. The van der Waals surface area contributed by atoms with E-state index in [1.807, 2.05) is 0 Å². The zero-order chi connectivity index (χ0) is 35.7. The molecule has 0 aromatic heterocycles. The molecule has 22 heteroatoms. The number of aliphatic hydroxyl groups excluding tert-OH is 12. The van der Waals surface area contributed by atoms with Gasteiger partial charge in [0.05, 0.1) is 33.0 Å². The van der Waals surface area contributed by atoms with Gasteiger partial charge in [0.25, 0.3) is 0 Å². The number of carbonyl (C=O) groups excluding carboxylic acids is 1. The lowest BCUT2D eigenvalue weighted by atomic mass is 9.94. The van der Waals surface area contributed by atoms with Crippen molar-refractivity contribution in [2.45, 2.75) is 123 Å². The molecule has 14 N–H and O–H groups in total. The molecule has 4 saturated heterocycles. The average Bonchev–Trinajstić information content (AvgIpc) is 3.31. The Morgan fingerprint density at radius 3 is 1.65 bits per heavy atom. The van der Waals surface area contributed by atoms with Crippen LogP contribution in [0.3, 0.4) is 0 Å². The van der Waals surface area contributed by atoms with Crippen LogP contribution in [0.25, 0.3) is 0 Å². The second kappa shape index (κ2) is 16.3. The van der Waals surface area contributed by atoms with Crippen molar-refractivity contribution in [2.75, 3.05) is 33.0 Å². The Balaban J connectivity index is 1.56. The average molecular weight is 708 g/mol. The van der Waals surface area contributed by atoms with Crippen molar-refractivity contribution in [2.24, 2.45) is 0 Å². The first-order valence-electron chi connectivity index (χ1n) is 15.1. The molecule has 4 heterocycles. The van der Waals surface area contributed by atoms with Gasteiger partial charge in [0.1, 0.15) is 91.5 Å². The molecular weight excluding hydrogens is 662 g/mol. The lowest BCUT2D eigenvalue weighted by Gasteiger charge is -2.49. The lowest BCUT2D eigenvalue weighted by molar-refractivity contribution is -0.371. The number of carbonyl (C=O) groups is 1. The fraction of sp³-hybridized carbons (Fsp3) is 0.962. The van der Waals surface area contributed by atoms with Gasteiger partial charge >= 0.3 is 0 Å². The third-order valence-electron chi connectivity index (χ3n) is 8.67. The Labute approximate surface area is 272 Å². The molecule has 0 aromatic rings. The molecule has 0 aliphatic carbocycles. The number of aliphatic hydroxyl groups is 13. The highest BCUT2D eigenvalue weighted by Crippen LogP contribution is 2.36. The van der Waals surface area contributed by atoms with Gasteiger partial charge in [-0.3, -0.25) is 4.79 Å². The first-order valence-corrected chi connectivity index (χ1v) is 15.1. The summed E-state index contributed by atoms with van der Waals surface area (Å²) in [6.45, 7) is -3.49. The van der Waals surface area contributed by atoms with Gasteiger partial charge in [-0.25, -0.2) is 0 Å². The van der Waals surface area contributed by atoms with E-state index in [0.29, 0.717) is 0 Å². The van der Waals surface area contributed by atoms with Crippen LogP contribution in [0.2, 0.25) is 0 Å². The van der Waals surface area contributed by atoms with Crippen molar-refractivity contribution in [1.29, 1.82) is 0 Å². The second-order valence-corrected chi connectivity index (χ2v) is 11.9. The summed E-state index contributed by atoms with van der Waals surface area (Å²) >= 11 is 0. The summed E-state index contributed by atoms with van der Waals surface area (Å²) in [6, 6.07) is -1.61. The van der Waals surface area contributed by atoms with Crippen LogP contribution in [0, 0.1) is 0 Å². The van der Waals surface area contributed by atoms with Gasteiger partial charge in [-0.05, 0) is 0 Å². The van der Waals surface area contributed by atoms with E-state index >= 15 is 0 Å². The zero-order valence-electron chi connectivity index (χ0n) is 25.5. The molecule has 1 amide bonds. The molecule has 22 nitrogen and oxygen atoms in total. The lowest BCUT2D eigenvalue weighted by Crippen LogP contribution is -2.69. The maximum absolute atomic E-state index is 12.2. The van der Waals surface area contributed by atoms with E-state index in [0.717, 1.165) is 6.92 Å². The smallest absolute Gasteiger partial charge is 0.219 e. The minimum absolute atomic E-state index is 0.755. The Morgan fingerprint density at radius 1 is 0.604 bits per heavy atom. The predicted octanol–water partition coefficient (Wildman–Crippen LogP) is -9.60. The minimum Gasteiger partial charge on any atom is -0.394 e. The van der Waals surface area contributed by atoms with Gasteiger partial charge in [-0.15, -0.1) is 0 Å². The molecule has 0 aromatic carbocycles. The Hall–Kier alpha value is -1.33. The van der Waals surface area contributed by atoms with Gasteiger partial charge in [0, 0.05) is 6.92 Å². The third-order valence-corrected chi connectivity index (χ3v) is 8.67. The maximum Gasteiger partial charge on any atom is 0.219 e. The zero-order valence-corrected chi connectivity index (χ0v) is 25.5. The number of hydrogen-bond donors (Lipinski definition) is 14. The fourth-order valence-electron chi connectivity index (χ4n) is 6.00. The summed E-state index contributed by atoms with van der Waals surface area (Å²) < 4.78 is 38.6. The normalized spacial score (nSPS) is 50.0. The second-order valence-electron chi connectivity index (χ2n) is 11.9. The largest absolute Gasteiger partial charge is 0.394 e. The van der Waals surface area contributed by atoms with Crippen molar-refractivity contribution >= 4 is 5.91 Å². The van der Waals surface area contributed by atoms with E-state index in [9.17, 15) is 71.2 Å². The molecule has 0 radical (unpaired) electrons. The summed E-state index contributed by atoms with van der Waals surface area (Å²) in [4.78, 5) is 12.2. The molecule has 0 saturated carbocycles. The number of nitrogens with one attached hydrogen (secondary N) is 1. The van der Waals surface area contributed by atoms with E-state index in [-0.39, 0.29) is 0 Å².